The van der Waals surface area contributed by atoms with Gasteiger partial charge in [0.05, 0.1) is 26.9 Å². The molecule has 96 valence electrons. The molecule has 0 amide bonds. The van der Waals surface area contributed by atoms with Gasteiger partial charge < -0.3 is 19.9 Å². The van der Waals surface area contributed by atoms with E-state index in [-0.39, 0.29) is 12.6 Å². The minimum absolute atomic E-state index is 0.0519. The fourth-order valence-corrected chi connectivity index (χ4v) is 1.64. The minimum Gasteiger partial charge on any atom is -0.497 e. The van der Waals surface area contributed by atoms with E-state index >= 15 is 0 Å². The number of ether oxygens (including phenoxy) is 2. The second kappa shape index (κ2) is 7.14. The van der Waals surface area contributed by atoms with Crippen molar-refractivity contribution in [2.75, 3.05) is 27.4 Å². The Bertz CT molecular complexity index is 319. The van der Waals surface area contributed by atoms with Crippen molar-refractivity contribution < 1.29 is 14.6 Å². The number of nitrogens with one attached hydrogen (secondary N) is 1. The van der Waals surface area contributed by atoms with Gasteiger partial charge in [0.15, 0.2) is 0 Å². The van der Waals surface area contributed by atoms with E-state index in [0.717, 1.165) is 30.0 Å². The number of hydrogen-bond donors (Lipinski definition) is 2. The third-order valence-corrected chi connectivity index (χ3v) is 2.60. The molecule has 4 nitrogen and oxygen atoms in total. The van der Waals surface area contributed by atoms with Gasteiger partial charge in [-0.1, -0.05) is 6.92 Å². The normalized spacial score (nSPS) is 12.2. The number of hydrogen-bond acceptors (Lipinski definition) is 4. The number of benzene rings is 1. The van der Waals surface area contributed by atoms with Crippen molar-refractivity contribution in [1.82, 2.24) is 5.32 Å². The highest BCUT2D eigenvalue weighted by molar-refractivity contribution is 5.39. The summed E-state index contributed by atoms with van der Waals surface area (Å²) in [5, 5.41) is 12.7. The molecule has 1 unspecified atom stereocenters. The van der Waals surface area contributed by atoms with Crippen LogP contribution in [0.15, 0.2) is 18.2 Å². The van der Waals surface area contributed by atoms with Crippen LogP contribution < -0.4 is 14.8 Å². The van der Waals surface area contributed by atoms with E-state index in [1.54, 1.807) is 14.2 Å². The maximum absolute atomic E-state index is 9.39. The highest BCUT2D eigenvalue weighted by atomic mass is 16.5. The van der Waals surface area contributed by atoms with Crippen molar-refractivity contribution in [2.24, 2.45) is 0 Å². The monoisotopic (exact) mass is 239 g/mol. The number of methoxy groups -OCH3 is 2. The van der Waals surface area contributed by atoms with Crippen molar-refractivity contribution >= 4 is 0 Å². The Labute approximate surface area is 103 Å². The molecule has 1 atom stereocenters. The summed E-state index contributed by atoms with van der Waals surface area (Å²) in [7, 11) is 3.23. The van der Waals surface area contributed by atoms with E-state index in [9.17, 15) is 5.11 Å². The molecule has 0 saturated carbocycles. The van der Waals surface area contributed by atoms with Gasteiger partial charge in [-0.2, -0.15) is 0 Å². The van der Waals surface area contributed by atoms with Gasteiger partial charge in [0, 0.05) is 6.07 Å². The summed E-state index contributed by atoms with van der Waals surface area (Å²) in [6, 6.07) is 5.55. The van der Waals surface area contributed by atoms with E-state index in [2.05, 4.69) is 12.2 Å². The topological polar surface area (TPSA) is 50.7 Å². The van der Waals surface area contributed by atoms with Gasteiger partial charge >= 0.3 is 0 Å². The predicted octanol–water partition coefficient (Wildman–Crippen LogP) is 1.74. The highest BCUT2D eigenvalue weighted by Crippen LogP contribution is 2.26. The molecule has 0 spiro atoms. The maximum atomic E-state index is 9.39. The molecule has 0 saturated heterocycles. The Morgan fingerprint density at radius 2 is 1.76 bits per heavy atom. The zero-order valence-corrected chi connectivity index (χ0v) is 10.7. The highest BCUT2D eigenvalue weighted by Gasteiger charge is 2.12. The fraction of sp³-hybridized carbons (Fsp3) is 0.538. The Balaban J connectivity index is 2.92. The molecule has 0 aliphatic carbocycles. The van der Waals surface area contributed by atoms with Gasteiger partial charge in [-0.15, -0.1) is 0 Å². The summed E-state index contributed by atoms with van der Waals surface area (Å²) in [5.74, 6) is 1.46. The lowest BCUT2D eigenvalue weighted by Gasteiger charge is -2.18. The molecule has 1 aromatic carbocycles. The van der Waals surface area contributed by atoms with Crippen LogP contribution in [0.3, 0.4) is 0 Å². The SMILES string of the molecule is CCCNC(CO)c1cc(OC)cc(OC)c1. The number of aliphatic hydroxyl groups excluding tert-OH is 1. The average molecular weight is 239 g/mol. The van der Waals surface area contributed by atoms with Crippen molar-refractivity contribution in [2.45, 2.75) is 19.4 Å². The molecule has 0 aliphatic heterocycles. The summed E-state index contributed by atoms with van der Waals surface area (Å²) in [4.78, 5) is 0. The van der Waals surface area contributed by atoms with Crippen LogP contribution in [0.1, 0.15) is 24.9 Å². The van der Waals surface area contributed by atoms with Gasteiger partial charge in [0.25, 0.3) is 0 Å². The van der Waals surface area contributed by atoms with Gasteiger partial charge in [-0.05, 0) is 30.7 Å². The molecule has 17 heavy (non-hydrogen) atoms. The van der Waals surface area contributed by atoms with Crippen molar-refractivity contribution in [3.8, 4) is 11.5 Å². The Morgan fingerprint density at radius 3 is 2.18 bits per heavy atom. The van der Waals surface area contributed by atoms with Crippen LogP contribution in [0.2, 0.25) is 0 Å². The van der Waals surface area contributed by atoms with Crippen molar-refractivity contribution in [3.05, 3.63) is 23.8 Å². The Hall–Kier alpha value is -1.26. The average Bonchev–Trinajstić information content (AvgIpc) is 2.39. The third-order valence-electron chi connectivity index (χ3n) is 2.60. The lowest BCUT2D eigenvalue weighted by molar-refractivity contribution is 0.244. The van der Waals surface area contributed by atoms with Gasteiger partial charge in [-0.3, -0.25) is 0 Å². The molecule has 2 N–H and O–H groups in total. The molecule has 1 rings (SSSR count). The first-order valence-electron chi connectivity index (χ1n) is 5.82. The molecule has 0 aromatic heterocycles. The van der Waals surface area contributed by atoms with Crippen LogP contribution in [0, 0.1) is 0 Å². The molecule has 0 bridgehead atoms. The van der Waals surface area contributed by atoms with Crippen LogP contribution in [0.5, 0.6) is 11.5 Å². The third kappa shape index (κ3) is 3.91. The predicted molar refractivity (Wildman–Crippen MR) is 67.7 cm³/mol. The van der Waals surface area contributed by atoms with Crippen molar-refractivity contribution in [1.29, 1.82) is 0 Å². The van der Waals surface area contributed by atoms with Gasteiger partial charge in [0.1, 0.15) is 11.5 Å². The minimum atomic E-state index is -0.0843. The summed E-state index contributed by atoms with van der Waals surface area (Å²) in [5.41, 5.74) is 0.970. The van der Waals surface area contributed by atoms with Gasteiger partial charge in [-0.25, -0.2) is 0 Å². The van der Waals surface area contributed by atoms with Crippen LogP contribution >= 0.6 is 0 Å². The lowest BCUT2D eigenvalue weighted by Crippen LogP contribution is -2.25. The zero-order chi connectivity index (χ0) is 12.7. The standard InChI is InChI=1S/C13H21NO3/c1-4-5-14-13(9-15)10-6-11(16-2)8-12(7-10)17-3/h6-8,13-15H,4-5,9H2,1-3H3. The van der Waals surface area contributed by atoms with Crippen molar-refractivity contribution in [3.63, 3.8) is 0 Å². The van der Waals surface area contributed by atoms with Crippen LogP contribution in [-0.4, -0.2) is 32.5 Å². The van der Waals surface area contributed by atoms with Crippen LogP contribution in [-0.2, 0) is 0 Å². The van der Waals surface area contributed by atoms with E-state index in [0.29, 0.717) is 0 Å². The molecule has 4 heteroatoms. The molecule has 0 radical (unpaired) electrons. The summed E-state index contributed by atoms with van der Waals surface area (Å²) in [6.07, 6.45) is 1.03. The largest absolute Gasteiger partial charge is 0.497 e. The smallest absolute Gasteiger partial charge is 0.122 e. The van der Waals surface area contributed by atoms with Crippen LogP contribution in [0.25, 0.3) is 0 Å². The Kier molecular flexibility index (Phi) is 5.80. The first-order valence-corrected chi connectivity index (χ1v) is 5.82. The molecular weight excluding hydrogens is 218 g/mol. The van der Waals surface area contributed by atoms with E-state index in [1.807, 2.05) is 18.2 Å². The molecule has 1 aromatic rings. The van der Waals surface area contributed by atoms with E-state index in [4.69, 9.17) is 9.47 Å². The molecule has 0 fully saturated rings. The quantitative estimate of drug-likeness (QED) is 0.761. The van der Waals surface area contributed by atoms with Crippen LogP contribution in [0.4, 0.5) is 0 Å². The molecular formula is C13H21NO3. The Morgan fingerprint density at radius 1 is 1.18 bits per heavy atom. The van der Waals surface area contributed by atoms with E-state index < -0.39 is 0 Å². The number of aliphatic hydroxyl groups is 1. The number of rotatable bonds is 7. The zero-order valence-electron chi connectivity index (χ0n) is 10.7. The summed E-state index contributed by atoms with van der Waals surface area (Å²) >= 11 is 0. The molecule has 0 heterocycles. The summed E-state index contributed by atoms with van der Waals surface area (Å²) < 4.78 is 10.4. The van der Waals surface area contributed by atoms with E-state index in [1.165, 1.54) is 0 Å². The fourth-order valence-electron chi connectivity index (χ4n) is 1.64. The first-order chi connectivity index (χ1) is 8.24. The molecule has 0 aliphatic rings. The second-order valence-electron chi connectivity index (χ2n) is 3.84. The lowest BCUT2D eigenvalue weighted by atomic mass is 10.1. The maximum Gasteiger partial charge on any atom is 0.122 e. The van der Waals surface area contributed by atoms with Gasteiger partial charge in [0.2, 0.25) is 0 Å². The summed E-state index contributed by atoms with van der Waals surface area (Å²) in [6.45, 7) is 3.01. The second-order valence-corrected chi connectivity index (χ2v) is 3.84. The first kappa shape index (κ1) is 13.8.